The van der Waals surface area contributed by atoms with Gasteiger partial charge in [0.25, 0.3) is 11.7 Å². The van der Waals surface area contributed by atoms with Gasteiger partial charge >= 0.3 is 0 Å². The molecule has 1 heterocycles. The molecule has 0 radical (unpaired) electrons. The summed E-state index contributed by atoms with van der Waals surface area (Å²) in [6, 6.07) is 12.4. The van der Waals surface area contributed by atoms with Crippen LogP contribution in [-0.4, -0.2) is 38.1 Å². The second-order valence-corrected chi connectivity index (χ2v) is 9.38. The molecule has 0 bridgehead atoms. The first-order chi connectivity index (χ1) is 17.6. The smallest absolute Gasteiger partial charge is 0.300 e. The van der Waals surface area contributed by atoms with Gasteiger partial charge < -0.3 is 19.3 Å². The number of ether oxygens (including phenoxy) is 3. The molecule has 3 aromatic carbocycles. The summed E-state index contributed by atoms with van der Waals surface area (Å²) in [5.41, 5.74) is 1.69. The maximum Gasteiger partial charge on any atom is 0.300 e. The third-order valence-electron chi connectivity index (χ3n) is 6.01. The van der Waals surface area contributed by atoms with Gasteiger partial charge in [0.2, 0.25) is 0 Å². The number of amides is 1. The largest absolute Gasteiger partial charge is 0.507 e. The Labute approximate surface area is 228 Å². The van der Waals surface area contributed by atoms with E-state index in [0.717, 1.165) is 5.56 Å². The quantitative estimate of drug-likeness (QED) is 0.207. The Kier molecular flexibility index (Phi) is 7.59. The molecule has 1 saturated heterocycles. The molecule has 0 spiro atoms. The van der Waals surface area contributed by atoms with Gasteiger partial charge in [0.05, 0.1) is 48.6 Å². The minimum Gasteiger partial charge on any atom is -0.507 e. The lowest BCUT2D eigenvalue weighted by atomic mass is 9.94. The predicted octanol–water partition coefficient (Wildman–Crippen LogP) is 6.61. The zero-order valence-corrected chi connectivity index (χ0v) is 22.5. The summed E-state index contributed by atoms with van der Waals surface area (Å²) in [6.45, 7) is 1.88. The van der Waals surface area contributed by atoms with E-state index in [1.54, 1.807) is 24.3 Å². The van der Waals surface area contributed by atoms with Crippen LogP contribution in [0.4, 0.5) is 5.69 Å². The molecular weight excluding hydrogens is 541 g/mol. The summed E-state index contributed by atoms with van der Waals surface area (Å²) in [5, 5.41) is 11.9. The van der Waals surface area contributed by atoms with E-state index in [9.17, 15) is 14.7 Å². The van der Waals surface area contributed by atoms with Crippen molar-refractivity contribution in [2.45, 2.75) is 13.0 Å². The number of Topliss-reactive ketones (excluding diaryl/α,β-unsaturated/α-hetero) is 1. The summed E-state index contributed by atoms with van der Waals surface area (Å²) in [5.74, 6) is -1.68. The minimum absolute atomic E-state index is 0.00215. The molecule has 10 heteroatoms. The fourth-order valence-electron chi connectivity index (χ4n) is 4.35. The van der Waals surface area contributed by atoms with Gasteiger partial charge in [-0.3, -0.25) is 14.5 Å². The molecule has 0 saturated carbocycles. The van der Waals surface area contributed by atoms with Crippen LogP contribution in [0.3, 0.4) is 0 Å². The number of halogens is 3. The number of ketones is 1. The van der Waals surface area contributed by atoms with E-state index in [-0.39, 0.29) is 37.7 Å². The van der Waals surface area contributed by atoms with Gasteiger partial charge in [0.1, 0.15) is 16.5 Å². The summed E-state index contributed by atoms with van der Waals surface area (Å²) < 4.78 is 15.9. The SMILES string of the molecule is COc1ccc(N2C(=O)C(=O)/C(=C(/O)c3cc(Cl)c(OC)c(Cl)c3OC)C2c2cccc(C)c2)cc1Cl. The fourth-order valence-corrected chi connectivity index (χ4v) is 5.29. The van der Waals surface area contributed by atoms with Crippen molar-refractivity contribution in [1.82, 2.24) is 0 Å². The van der Waals surface area contributed by atoms with Gasteiger partial charge in [-0.1, -0.05) is 64.6 Å². The highest BCUT2D eigenvalue weighted by molar-refractivity contribution is 6.52. The third-order valence-corrected chi connectivity index (χ3v) is 6.93. The first-order valence-corrected chi connectivity index (χ1v) is 12.1. The number of benzene rings is 3. The Morgan fingerprint density at radius 2 is 1.59 bits per heavy atom. The lowest BCUT2D eigenvalue weighted by Gasteiger charge is -2.26. The molecule has 0 aliphatic carbocycles. The summed E-state index contributed by atoms with van der Waals surface area (Å²) in [4.78, 5) is 28.2. The summed E-state index contributed by atoms with van der Waals surface area (Å²) in [7, 11) is 4.20. The molecule has 37 heavy (non-hydrogen) atoms. The molecule has 1 fully saturated rings. The van der Waals surface area contributed by atoms with Gasteiger partial charge in [-0.25, -0.2) is 0 Å². The Morgan fingerprint density at radius 3 is 2.19 bits per heavy atom. The van der Waals surface area contributed by atoms with Crippen LogP contribution < -0.4 is 19.1 Å². The first kappa shape index (κ1) is 26.7. The van der Waals surface area contributed by atoms with Crippen molar-refractivity contribution in [2.24, 2.45) is 0 Å². The van der Waals surface area contributed by atoms with Crippen LogP contribution in [0.5, 0.6) is 17.2 Å². The number of hydrogen-bond donors (Lipinski definition) is 1. The molecule has 0 aromatic heterocycles. The second-order valence-electron chi connectivity index (χ2n) is 8.19. The number of aliphatic hydroxyl groups excluding tert-OH is 1. The van der Waals surface area contributed by atoms with E-state index in [0.29, 0.717) is 17.0 Å². The van der Waals surface area contributed by atoms with Crippen LogP contribution in [0, 0.1) is 6.92 Å². The van der Waals surface area contributed by atoms with Gasteiger partial charge in [0, 0.05) is 5.69 Å². The van der Waals surface area contributed by atoms with Gasteiger partial charge in [-0.15, -0.1) is 0 Å². The van der Waals surface area contributed by atoms with Crippen molar-refractivity contribution in [3.8, 4) is 17.2 Å². The highest BCUT2D eigenvalue weighted by Gasteiger charge is 2.47. The molecule has 1 aliphatic rings. The number of rotatable bonds is 6. The number of carbonyl (C=O) groups excluding carboxylic acids is 2. The second kappa shape index (κ2) is 10.5. The van der Waals surface area contributed by atoms with E-state index >= 15 is 0 Å². The molecule has 1 atom stereocenters. The molecule has 3 aromatic rings. The number of methoxy groups -OCH3 is 3. The number of nitrogens with zero attached hydrogens (tertiary/aromatic N) is 1. The van der Waals surface area contributed by atoms with Crippen LogP contribution in [0.1, 0.15) is 22.7 Å². The highest BCUT2D eigenvalue weighted by atomic mass is 35.5. The Morgan fingerprint density at radius 1 is 0.892 bits per heavy atom. The summed E-state index contributed by atoms with van der Waals surface area (Å²) >= 11 is 19.1. The molecule has 7 nitrogen and oxygen atoms in total. The Bertz CT molecular complexity index is 1450. The van der Waals surface area contributed by atoms with Crippen LogP contribution in [0.25, 0.3) is 5.76 Å². The Balaban J connectivity index is 2.02. The van der Waals surface area contributed by atoms with E-state index in [1.165, 1.54) is 38.4 Å². The predicted molar refractivity (Wildman–Crippen MR) is 144 cm³/mol. The topological polar surface area (TPSA) is 85.3 Å². The van der Waals surface area contributed by atoms with E-state index in [2.05, 4.69) is 0 Å². The molecule has 1 amide bonds. The van der Waals surface area contributed by atoms with Gasteiger partial charge in [-0.05, 0) is 36.8 Å². The molecule has 1 aliphatic heterocycles. The molecular formula is C27H22Cl3NO6. The minimum atomic E-state index is -0.992. The van der Waals surface area contributed by atoms with Crippen LogP contribution in [0.2, 0.25) is 15.1 Å². The normalized spacial score (nSPS) is 16.7. The highest BCUT2D eigenvalue weighted by Crippen LogP contribution is 2.48. The number of anilines is 1. The van der Waals surface area contributed by atoms with Crippen molar-refractivity contribution in [2.75, 3.05) is 26.2 Å². The first-order valence-electron chi connectivity index (χ1n) is 11.0. The van der Waals surface area contributed by atoms with Crippen LogP contribution >= 0.6 is 34.8 Å². The lowest BCUT2D eigenvalue weighted by molar-refractivity contribution is -0.132. The number of aryl methyl sites for hydroxylation is 1. The van der Waals surface area contributed by atoms with Crippen molar-refractivity contribution in [3.05, 3.63) is 85.9 Å². The van der Waals surface area contributed by atoms with Gasteiger partial charge in [0.15, 0.2) is 11.5 Å². The van der Waals surface area contributed by atoms with Crippen molar-refractivity contribution >= 4 is 57.9 Å². The van der Waals surface area contributed by atoms with Crippen LogP contribution in [0.15, 0.2) is 54.1 Å². The van der Waals surface area contributed by atoms with Gasteiger partial charge in [-0.2, -0.15) is 0 Å². The maximum atomic E-state index is 13.5. The van der Waals surface area contributed by atoms with Crippen molar-refractivity contribution in [3.63, 3.8) is 0 Å². The van der Waals surface area contributed by atoms with E-state index in [4.69, 9.17) is 49.0 Å². The van der Waals surface area contributed by atoms with E-state index < -0.39 is 23.5 Å². The maximum absolute atomic E-state index is 13.5. The van der Waals surface area contributed by atoms with E-state index in [1.807, 2.05) is 19.1 Å². The standard InChI is InChI=1S/C27H22Cl3NO6/c1-13-6-5-7-14(10-13)22-20(23(32)16-12-18(29)26(37-4)21(30)25(16)36-3)24(33)27(34)31(22)15-8-9-19(35-2)17(28)11-15/h5-12,22,32H,1-4H3/b23-20+. The average molecular weight is 563 g/mol. The number of carbonyl (C=O) groups is 2. The van der Waals surface area contributed by atoms with Crippen molar-refractivity contribution in [1.29, 1.82) is 0 Å². The number of hydrogen-bond acceptors (Lipinski definition) is 6. The van der Waals surface area contributed by atoms with Crippen molar-refractivity contribution < 1.29 is 28.9 Å². The number of aliphatic hydroxyl groups is 1. The average Bonchev–Trinajstić information content (AvgIpc) is 3.13. The monoisotopic (exact) mass is 561 g/mol. The van der Waals surface area contributed by atoms with Crippen LogP contribution in [-0.2, 0) is 9.59 Å². The summed E-state index contributed by atoms with van der Waals surface area (Å²) in [6.07, 6.45) is 0. The molecule has 4 rings (SSSR count). The zero-order valence-electron chi connectivity index (χ0n) is 20.3. The lowest BCUT2D eigenvalue weighted by Crippen LogP contribution is -2.29. The third kappa shape index (κ3) is 4.59. The zero-order chi connectivity index (χ0) is 27.0. The molecule has 1 N–H and O–H groups in total. The Hall–Kier alpha value is -3.39. The molecule has 192 valence electrons. The molecule has 1 unspecified atom stereocenters. The fraction of sp³-hybridized carbons (Fsp3) is 0.185.